The van der Waals surface area contributed by atoms with Gasteiger partial charge in [-0.25, -0.2) is 4.98 Å². The zero-order valence-corrected chi connectivity index (χ0v) is 21.5. The zero-order chi connectivity index (χ0) is 26.8. The second-order valence-electron chi connectivity index (χ2n) is 10.9. The van der Waals surface area contributed by atoms with Crippen LogP contribution < -0.4 is 5.73 Å². The van der Waals surface area contributed by atoms with Crippen molar-refractivity contribution in [1.82, 2.24) is 34.7 Å². The molecule has 3 atom stereocenters. The number of pyridine rings is 1. The van der Waals surface area contributed by atoms with Gasteiger partial charge in [-0.05, 0) is 52.5 Å². The number of nitrogen functional groups attached to an aromatic ring is 1. The van der Waals surface area contributed by atoms with E-state index in [1.165, 1.54) is 11.4 Å². The number of nitrogens with one attached hydrogen (secondary N) is 1. The molecule has 11 heteroatoms. The molecule has 6 rings (SSSR count). The van der Waals surface area contributed by atoms with E-state index in [1.807, 2.05) is 11.0 Å². The first-order valence-electron chi connectivity index (χ1n) is 12.8. The van der Waals surface area contributed by atoms with E-state index in [4.69, 9.17) is 10.7 Å². The number of H-pyrrole nitrogens is 1. The molecule has 196 valence electrons. The van der Waals surface area contributed by atoms with E-state index < -0.39 is 5.60 Å². The van der Waals surface area contributed by atoms with E-state index in [9.17, 15) is 14.7 Å². The monoisotopic (exact) mass is 514 g/mol. The standard InChI is InChI=1S/C27H30N8O3/c1-14(36)22-23(16-8-18-5-6-19(9-16)34(18)26(37)17-11-30-31-12-17)33-25-20(13-32-35(25)24(22)28)15-4-7-21(29-10-15)27(2,3)38/h4,7,10-13,16,18-19,38H,5-6,8-9,28H2,1-3H3,(H,30,31)/t16?,18-,19+. The molecule has 2 saturated heterocycles. The molecule has 11 nitrogen and oxygen atoms in total. The van der Waals surface area contributed by atoms with Crippen LogP contribution in [0.2, 0.25) is 0 Å². The molecule has 0 aliphatic carbocycles. The number of anilines is 1. The van der Waals surface area contributed by atoms with E-state index in [1.54, 1.807) is 44.7 Å². The number of hydrogen-bond donors (Lipinski definition) is 3. The SMILES string of the molecule is CC(=O)c1c(C2C[C@H]3CC[C@@H](C2)N3C(=O)c2cn[nH]c2)nc2c(-c3ccc(C(C)(C)O)nc3)cnn2c1N. The Hall–Kier alpha value is -4.12. The summed E-state index contributed by atoms with van der Waals surface area (Å²) in [6.45, 7) is 4.87. The van der Waals surface area contributed by atoms with Crippen molar-refractivity contribution in [2.75, 3.05) is 5.73 Å². The van der Waals surface area contributed by atoms with E-state index in [2.05, 4.69) is 20.3 Å². The summed E-state index contributed by atoms with van der Waals surface area (Å²) in [5.74, 6) is 0.0588. The number of piperidine rings is 1. The number of carbonyl (C=O) groups excluding carboxylic acids is 2. The summed E-state index contributed by atoms with van der Waals surface area (Å²) in [6.07, 6.45) is 9.76. The second-order valence-corrected chi connectivity index (χ2v) is 10.9. The van der Waals surface area contributed by atoms with Crippen LogP contribution in [0.5, 0.6) is 0 Å². The first-order valence-corrected chi connectivity index (χ1v) is 12.8. The lowest BCUT2D eigenvalue weighted by Gasteiger charge is -2.39. The lowest BCUT2D eigenvalue weighted by molar-refractivity contribution is 0.0568. The molecular weight excluding hydrogens is 484 g/mol. The number of carbonyl (C=O) groups is 2. The van der Waals surface area contributed by atoms with Crippen LogP contribution in [0, 0.1) is 0 Å². The highest BCUT2D eigenvalue weighted by atomic mass is 16.3. The molecule has 2 aliphatic heterocycles. The van der Waals surface area contributed by atoms with Gasteiger partial charge in [0.25, 0.3) is 5.91 Å². The number of aliphatic hydroxyl groups is 1. The Morgan fingerprint density at radius 1 is 1.13 bits per heavy atom. The highest BCUT2D eigenvalue weighted by Crippen LogP contribution is 2.45. The molecule has 0 saturated carbocycles. The number of amides is 1. The number of hydrogen-bond acceptors (Lipinski definition) is 8. The van der Waals surface area contributed by atoms with Gasteiger partial charge in [0.05, 0.1) is 34.9 Å². The van der Waals surface area contributed by atoms with Crippen LogP contribution in [0.25, 0.3) is 16.8 Å². The fourth-order valence-corrected chi connectivity index (χ4v) is 6.06. The second kappa shape index (κ2) is 8.73. The van der Waals surface area contributed by atoms with Gasteiger partial charge in [0.1, 0.15) is 11.4 Å². The van der Waals surface area contributed by atoms with Gasteiger partial charge in [0.2, 0.25) is 0 Å². The third-order valence-corrected chi connectivity index (χ3v) is 7.86. The Bertz CT molecular complexity index is 1520. The largest absolute Gasteiger partial charge is 0.384 e. The smallest absolute Gasteiger partial charge is 0.257 e. The number of aromatic nitrogens is 6. The van der Waals surface area contributed by atoms with Gasteiger partial charge in [-0.15, -0.1) is 0 Å². The number of nitrogens with two attached hydrogens (primary N) is 1. The molecule has 2 bridgehead atoms. The van der Waals surface area contributed by atoms with Crippen LogP contribution in [-0.4, -0.2) is 63.6 Å². The highest BCUT2D eigenvalue weighted by Gasteiger charge is 2.45. The van der Waals surface area contributed by atoms with Gasteiger partial charge in [-0.2, -0.15) is 14.7 Å². The summed E-state index contributed by atoms with van der Waals surface area (Å²) in [7, 11) is 0. The normalized spacial score (nSPS) is 21.3. The molecule has 0 radical (unpaired) electrons. The Kier molecular flexibility index (Phi) is 5.56. The first-order chi connectivity index (χ1) is 18.1. The summed E-state index contributed by atoms with van der Waals surface area (Å²) in [6, 6.07) is 3.76. The minimum atomic E-state index is -1.06. The minimum absolute atomic E-state index is 0.0144. The molecule has 0 spiro atoms. The molecule has 2 aliphatic rings. The van der Waals surface area contributed by atoms with Gasteiger partial charge in [-0.1, -0.05) is 6.07 Å². The van der Waals surface area contributed by atoms with Crippen molar-refractivity contribution in [3.05, 3.63) is 59.4 Å². The maximum Gasteiger partial charge on any atom is 0.257 e. The molecule has 4 aromatic rings. The van der Waals surface area contributed by atoms with Gasteiger partial charge in [0.15, 0.2) is 11.4 Å². The Balaban J connectivity index is 1.39. The van der Waals surface area contributed by atoms with Crippen LogP contribution in [0.4, 0.5) is 5.82 Å². The summed E-state index contributed by atoms with van der Waals surface area (Å²) < 4.78 is 1.51. The van der Waals surface area contributed by atoms with Crippen molar-refractivity contribution in [3.8, 4) is 11.1 Å². The van der Waals surface area contributed by atoms with Crippen LogP contribution in [0.3, 0.4) is 0 Å². The third kappa shape index (κ3) is 3.85. The Morgan fingerprint density at radius 3 is 2.45 bits per heavy atom. The fourth-order valence-electron chi connectivity index (χ4n) is 6.06. The lowest BCUT2D eigenvalue weighted by atomic mass is 9.85. The van der Waals surface area contributed by atoms with Crippen LogP contribution in [-0.2, 0) is 5.60 Å². The molecule has 0 aromatic carbocycles. The molecule has 1 amide bonds. The van der Waals surface area contributed by atoms with E-state index in [0.29, 0.717) is 41.0 Å². The molecule has 2 fully saturated rings. The summed E-state index contributed by atoms with van der Waals surface area (Å²) in [4.78, 5) is 37.4. The topological polar surface area (TPSA) is 155 Å². The molecule has 38 heavy (non-hydrogen) atoms. The molecule has 6 heterocycles. The van der Waals surface area contributed by atoms with Crippen molar-refractivity contribution in [2.45, 2.75) is 70.1 Å². The van der Waals surface area contributed by atoms with E-state index >= 15 is 0 Å². The predicted molar refractivity (Wildman–Crippen MR) is 139 cm³/mol. The molecule has 1 unspecified atom stereocenters. The predicted octanol–water partition coefficient (Wildman–Crippen LogP) is 3.08. The Labute approximate surface area is 219 Å². The molecule has 4 N–H and O–H groups in total. The van der Waals surface area contributed by atoms with Gasteiger partial charge in [0, 0.05) is 41.5 Å². The quantitative estimate of drug-likeness (QED) is 0.343. The summed E-state index contributed by atoms with van der Waals surface area (Å²) in [5, 5.41) is 21.4. The van der Waals surface area contributed by atoms with Crippen LogP contribution in [0.1, 0.15) is 84.5 Å². The number of nitrogens with zero attached hydrogens (tertiary/aromatic N) is 6. The van der Waals surface area contributed by atoms with E-state index in [-0.39, 0.29) is 35.5 Å². The minimum Gasteiger partial charge on any atom is -0.384 e. The maximum atomic E-state index is 13.2. The number of Topliss-reactive ketones (excluding diaryl/α,β-unsaturated/α-hetero) is 1. The van der Waals surface area contributed by atoms with Crippen molar-refractivity contribution < 1.29 is 14.7 Å². The Morgan fingerprint density at radius 2 is 1.87 bits per heavy atom. The van der Waals surface area contributed by atoms with Crippen molar-refractivity contribution in [1.29, 1.82) is 0 Å². The maximum absolute atomic E-state index is 13.2. The first kappa shape index (κ1) is 24.2. The van der Waals surface area contributed by atoms with Crippen molar-refractivity contribution in [2.24, 2.45) is 0 Å². The number of rotatable bonds is 5. The molecular formula is C27H30N8O3. The average molecular weight is 515 g/mol. The lowest BCUT2D eigenvalue weighted by Crippen LogP contribution is -2.46. The third-order valence-electron chi connectivity index (χ3n) is 7.86. The number of ketones is 1. The van der Waals surface area contributed by atoms with Gasteiger partial charge in [-0.3, -0.25) is 19.7 Å². The summed E-state index contributed by atoms with van der Waals surface area (Å²) in [5.41, 5.74) is 9.71. The highest BCUT2D eigenvalue weighted by molar-refractivity contribution is 6.00. The van der Waals surface area contributed by atoms with Gasteiger partial charge >= 0.3 is 0 Å². The summed E-state index contributed by atoms with van der Waals surface area (Å²) >= 11 is 0. The number of aromatic amines is 1. The number of fused-ring (bicyclic) bond motifs is 3. The fraction of sp³-hybridized carbons (Fsp3) is 0.407. The van der Waals surface area contributed by atoms with Crippen molar-refractivity contribution >= 4 is 23.2 Å². The van der Waals surface area contributed by atoms with Gasteiger partial charge < -0.3 is 15.7 Å². The van der Waals surface area contributed by atoms with Crippen LogP contribution in [0.15, 0.2) is 36.9 Å². The van der Waals surface area contributed by atoms with Crippen molar-refractivity contribution in [3.63, 3.8) is 0 Å². The average Bonchev–Trinajstić information content (AvgIpc) is 3.61. The van der Waals surface area contributed by atoms with E-state index in [0.717, 1.165) is 24.0 Å². The molecule has 4 aromatic heterocycles. The zero-order valence-electron chi connectivity index (χ0n) is 21.5. The van der Waals surface area contributed by atoms with Crippen LogP contribution >= 0.6 is 0 Å².